The minimum Gasteiger partial charge on any atom is -0.493 e. The molecule has 2 aromatic carbocycles. The van der Waals surface area contributed by atoms with Gasteiger partial charge in [0, 0.05) is 25.4 Å². The molecule has 0 radical (unpaired) electrons. The number of hydrogen-bond acceptors (Lipinski definition) is 4. The van der Waals surface area contributed by atoms with Gasteiger partial charge in [-0.3, -0.25) is 14.2 Å². The Kier molecular flexibility index (Phi) is 7.63. The lowest BCUT2D eigenvalue weighted by molar-refractivity contribution is 0.0783. The lowest BCUT2D eigenvalue weighted by Gasteiger charge is -2.24. The number of aryl methyl sites for hydroxylation is 1. The third-order valence-corrected chi connectivity index (χ3v) is 6.84. The molecule has 4 rings (SSSR count). The standard InChI is InChI=1S/C28H32FN3O3/c1-3-5-15-24-30-26(33)25(28(35)32(24)23(4-2)19-11-7-6-8-12-19)27(34)31-17-16-20(18-31)21-13-9-10-14-22(21)29/h6-14,20,23,33H,3-5,15-18H2,1-2H3. The number of amides is 1. The predicted molar refractivity (Wildman–Crippen MR) is 133 cm³/mol. The van der Waals surface area contributed by atoms with Gasteiger partial charge in [-0.05, 0) is 36.5 Å². The summed E-state index contributed by atoms with van der Waals surface area (Å²) >= 11 is 0. The Balaban J connectivity index is 1.72. The molecule has 35 heavy (non-hydrogen) atoms. The Morgan fingerprint density at radius 2 is 1.86 bits per heavy atom. The topological polar surface area (TPSA) is 75.4 Å². The van der Waals surface area contributed by atoms with Crippen LogP contribution in [0.5, 0.6) is 5.88 Å². The van der Waals surface area contributed by atoms with Crippen molar-refractivity contribution in [1.29, 1.82) is 0 Å². The van der Waals surface area contributed by atoms with Crippen molar-refractivity contribution < 1.29 is 14.3 Å². The fraction of sp³-hybridized carbons (Fsp3) is 0.393. The monoisotopic (exact) mass is 477 g/mol. The fourth-order valence-corrected chi connectivity index (χ4v) is 4.99. The molecule has 0 spiro atoms. The summed E-state index contributed by atoms with van der Waals surface area (Å²) in [5, 5.41) is 10.7. The van der Waals surface area contributed by atoms with E-state index in [1.165, 1.54) is 11.0 Å². The number of benzene rings is 2. The van der Waals surface area contributed by atoms with Gasteiger partial charge in [-0.15, -0.1) is 0 Å². The van der Waals surface area contributed by atoms with Gasteiger partial charge in [0.1, 0.15) is 11.6 Å². The smallest absolute Gasteiger partial charge is 0.270 e. The largest absolute Gasteiger partial charge is 0.493 e. The number of aromatic hydroxyl groups is 1. The van der Waals surface area contributed by atoms with Gasteiger partial charge >= 0.3 is 0 Å². The summed E-state index contributed by atoms with van der Waals surface area (Å²) in [6, 6.07) is 15.9. The first-order valence-electron chi connectivity index (χ1n) is 12.4. The molecule has 1 fully saturated rings. The number of carbonyl (C=O) groups is 1. The van der Waals surface area contributed by atoms with Gasteiger partial charge in [0.25, 0.3) is 11.5 Å². The predicted octanol–water partition coefficient (Wildman–Crippen LogP) is 5.06. The van der Waals surface area contributed by atoms with Crippen LogP contribution in [0.25, 0.3) is 0 Å². The lowest BCUT2D eigenvalue weighted by Crippen LogP contribution is -2.38. The van der Waals surface area contributed by atoms with Crippen LogP contribution in [-0.2, 0) is 6.42 Å². The number of carbonyl (C=O) groups excluding carboxylic acids is 1. The highest BCUT2D eigenvalue weighted by Crippen LogP contribution is 2.31. The van der Waals surface area contributed by atoms with Crippen LogP contribution in [0.15, 0.2) is 59.4 Å². The van der Waals surface area contributed by atoms with Crippen molar-refractivity contribution in [2.45, 2.75) is 57.9 Å². The average molecular weight is 478 g/mol. The first-order chi connectivity index (χ1) is 17.0. The SMILES string of the molecule is CCCCc1nc(O)c(C(=O)N2CCC(c3ccccc3F)C2)c(=O)n1C(CC)c1ccccc1. The maximum atomic E-state index is 14.3. The highest BCUT2D eigenvalue weighted by Gasteiger charge is 2.34. The van der Waals surface area contributed by atoms with Crippen molar-refractivity contribution in [3.63, 3.8) is 0 Å². The van der Waals surface area contributed by atoms with Gasteiger partial charge in [-0.1, -0.05) is 68.8 Å². The van der Waals surface area contributed by atoms with E-state index in [0.29, 0.717) is 37.2 Å². The third-order valence-electron chi connectivity index (χ3n) is 6.84. The second kappa shape index (κ2) is 10.8. The van der Waals surface area contributed by atoms with E-state index in [0.717, 1.165) is 18.4 Å². The molecular weight excluding hydrogens is 445 g/mol. The van der Waals surface area contributed by atoms with Crippen LogP contribution < -0.4 is 5.56 Å². The lowest BCUT2D eigenvalue weighted by atomic mass is 9.98. The van der Waals surface area contributed by atoms with Crippen LogP contribution in [0, 0.1) is 5.82 Å². The Morgan fingerprint density at radius 3 is 2.54 bits per heavy atom. The second-order valence-electron chi connectivity index (χ2n) is 9.10. The Labute approximate surface area is 205 Å². The molecule has 2 unspecified atom stereocenters. The summed E-state index contributed by atoms with van der Waals surface area (Å²) in [6.45, 7) is 4.70. The van der Waals surface area contributed by atoms with Gasteiger partial charge in [-0.2, -0.15) is 4.98 Å². The van der Waals surface area contributed by atoms with E-state index in [1.807, 2.05) is 44.2 Å². The molecule has 1 amide bonds. The number of likely N-dealkylation sites (tertiary alicyclic amines) is 1. The number of nitrogens with zero attached hydrogens (tertiary/aromatic N) is 3. The van der Waals surface area contributed by atoms with Gasteiger partial charge in [0.2, 0.25) is 5.88 Å². The van der Waals surface area contributed by atoms with Gasteiger partial charge in [0.05, 0.1) is 6.04 Å². The average Bonchev–Trinajstić information content (AvgIpc) is 3.35. The molecule has 0 bridgehead atoms. The van der Waals surface area contributed by atoms with E-state index in [9.17, 15) is 19.1 Å². The van der Waals surface area contributed by atoms with Crippen molar-refractivity contribution in [1.82, 2.24) is 14.5 Å². The van der Waals surface area contributed by atoms with Crippen molar-refractivity contribution >= 4 is 5.91 Å². The van der Waals surface area contributed by atoms with E-state index in [4.69, 9.17) is 0 Å². The van der Waals surface area contributed by atoms with Gasteiger partial charge in [0.15, 0.2) is 5.56 Å². The molecule has 2 atom stereocenters. The van der Waals surface area contributed by atoms with Gasteiger partial charge < -0.3 is 10.0 Å². The Morgan fingerprint density at radius 1 is 1.14 bits per heavy atom. The zero-order valence-electron chi connectivity index (χ0n) is 20.3. The first kappa shape index (κ1) is 24.6. The van der Waals surface area contributed by atoms with Crippen molar-refractivity contribution in [2.24, 2.45) is 0 Å². The highest BCUT2D eigenvalue weighted by atomic mass is 19.1. The number of rotatable bonds is 8. The maximum absolute atomic E-state index is 14.3. The van der Waals surface area contributed by atoms with E-state index < -0.39 is 17.3 Å². The molecule has 6 nitrogen and oxygen atoms in total. The maximum Gasteiger partial charge on any atom is 0.270 e. The summed E-state index contributed by atoms with van der Waals surface area (Å²) in [4.78, 5) is 33.2. The van der Waals surface area contributed by atoms with Crippen LogP contribution >= 0.6 is 0 Å². The summed E-state index contributed by atoms with van der Waals surface area (Å²) in [6.07, 6.45) is 3.45. The summed E-state index contributed by atoms with van der Waals surface area (Å²) < 4.78 is 15.9. The number of aromatic nitrogens is 2. The molecule has 0 aliphatic carbocycles. The molecule has 1 saturated heterocycles. The molecular formula is C28H32FN3O3. The summed E-state index contributed by atoms with van der Waals surface area (Å²) in [7, 11) is 0. The van der Waals surface area contributed by atoms with Crippen LogP contribution in [0.2, 0.25) is 0 Å². The quantitative estimate of drug-likeness (QED) is 0.492. The molecule has 0 saturated carbocycles. The second-order valence-corrected chi connectivity index (χ2v) is 9.10. The van der Waals surface area contributed by atoms with E-state index in [-0.39, 0.29) is 29.9 Å². The molecule has 3 aromatic rings. The van der Waals surface area contributed by atoms with E-state index in [2.05, 4.69) is 4.98 Å². The molecule has 1 N–H and O–H groups in total. The van der Waals surface area contributed by atoms with E-state index in [1.54, 1.807) is 22.8 Å². The van der Waals surface area contributed by atoms with Crippen LogP contribution in [0.4, 0.5) is 4.39 Å². The number of halogens is 1. The minimum atomic E-state index is -0.558. The summed E-state index contributed by atoms with van der Waals surface area (Å²) in [5.41, 5.74) is 0.668. The van der Waals surface area contributed by atoms with Crippen LogP contribution in [0.1, 0.15) is 78.8 Å². The molecule has 184 valence electrons. The normalized spacial score (nSPS) is 16.4. The minimum absolute atomic E-state index is 0.158. The molecule has 7 heteroatoms. The number of hydrogen-bond donors (Lipinski definition) is 1. The fourth-order valence-electron chi connectivity index (χ4n) is 4.99. The molecule has 1 aromatic heterocycles. The molecule has 1 aliphatic heterocycles. The highest BCUT2D eigenvalue weighted by molar-refractivity contribution is 5.96. The van der Waals surface area contributed by atoms with Crippen molar-refractivity contribution in [3.8, 4) is 5.88 Å². The molecule has 1 aliphatic rings. The van der Waals surface area contributed by atoms with Crippen molar-refractivity contribution in [2.75, 3.05) is 13.1 Å². The zero-order valence-corrected chi connectivity index (χ0v) is 20.3. The Bertz CT molecular complexity index is 1240. The molecule has 2 heterocycles. The Hall–Kier alpha value is -3.48. The number of unbranched alkanes of at least 4 members (excludes halogenated alkanes) is 1. The van der Waals surface area contributed by atoms with E-state index >= 15 is 0 Å². The van der Waals surface area contributed by atoms with Crippen molar-refractivity contribution in [3.05, 3.63) is 93.3 Å². The van der Waals surface area contributed by atoms with Gasteiger partial charge in [-0.25, -0.2) is 4.39 Å². The zero-order chi connectivity index (χ0) is 24.9. The van der Waals surface area contributed by atoms with Crippen LogP contribution in [-0.4, -0.2) is 38.6 Å². The van der Waals surface area contributed by atoms with Crippen LogP contribution in [0.3, 0.4) is 0 Å². The third kappa shape index (κ3) is 4.99. The first-order valence-corrected chi connectivity index (χ1v) is 12.4. The summed E-state index contributed by atoms with van der Waals surface area (Å²) in [5.74, 6) is -1.06.